The second kappa shape index (κ2) is 6.57. The number of rotatable bonds is 5. The summed E-state index contributed by atoms with van der Waals surface area (Å²) in [4.78, 5) is 27.2. The van der Waals surface area contributed by atoms with Gasteiger partial charge in [0.1, 0.15) is 24.9 Å². The highest BCUT2D eigenvalue weighted by atomic mass is 32.5. The van der Waals surface area contributed by atoms with E-state index in [4.69, 9.17) is 14.5 Å². The summed E-state index contributed by atoms with van der Waals surface area (Å²) in [7, 11) is 0. The van der Waals surface area contributed by atoms with Gasteiger partial charge in [-0.05, 0) is 23.6 Å². The molecule has 0 spiro atoms. The van der Waals surface area contributed by atoms with Gasteiger partial charge in [0.15, 0.2) is 0 Å². The molecule has 0 bridgehead atoms. The van der Waals surface area contributed by atoms with Crippen LogP contribution in [0.3, 0.4) is 0 Å². The normalized spacial score (nSPS) is 38.5. The molecule has 0 aromatic rings. The van der Waals surface area contributed by atoms with Crippen molar-refractivity contribution in [3.8, 4) is 0 Å². The lowest BCUT2D eigenvalue weighted by Crippen LogP contribution is -2.62. The average molecular weight is 372 g/mol. The predicted octanol–water partition coefficient (Wildman–Crippen LogP) is -2.75. The summed E-state index contributed by atoms with van der Waals surface area (Å²) in [5, 5.41) is 38.1. The number of hydrogen-bond donors (Lipinski definition) is 7. The Balaban J connectivity index is 2.68. The molecule has 5 atom stereocenters. The number of aliphatic hydroxyl groups is 4. The van der Waals surface area contributed by atoms with Crippen LogP contribution in [0, 0.1) is 0 Å². The highest BCUT2D eigenvalue weighted by molar-refractivity contribution is 8.14. The van der Waals surface area contributed by atoms with Gasteiger partial charge < -0.3 is 44.4 Å². The zero-order chi connectivity index (χ0) is 15.8. The van der Waals surface area contributed by atoms with Crippen molar-refractivity contribution < 1.29 is 48.7 Å². The van der Waals surface area contributed by atoms with E-state index >= 15 is 0 Å². The second-order valence-corrected chi connectivity index (χ2v) is 9.61. The lowest BCUT2D eigenvalue weighted by molar-refractivity contribution is -0.329. The molecule has 120 valence electrons. The molecule has 0 amide bonds. The lowest BCUT2D eigenvalue weighted by atomic mass is 9.98. The summed E-state index contributed by atoms with van der Waals surface area (Å²) in [5.41, 5.74) is 0. The van der Waals surface area contributed by atoms with Crippen molar-refractivity contribution in [1.29, 1.82) is 0 Å². The third-order valence-electron chi connectivity index (χ3n) is 2.33. The Morgan fingerprint density at radius 3 is 2.25 bits per heavy atom. The maximum absolute atomic E-state index is 9.88. The summed E-state index contributed by atoms with van der Waals surface area (Å²) < 4.78 is 13.5. The summed E-state index contributed by atoms with van der Waals surface area (Å²) in [6.07, 6.45) is -5.08. The van der Waals surface area contributed by atoms with Crippen LogP contribution in [-0.2, 0) is 37.2 Å². The SMILES string of the molecule is O[C@@H]1[C@H](O)CO[C@](O)(COP(O)(=S)OP(O)(O)=S)[C@H]1O. The van der Waals surface area contributed by atoms with Crippen LogP contribution in [0.2, 0.25) is 0 Å². The molecule has 1 aliphatic rings. The molecular formula is C6H14O10P2S2. The predicted molar refractivity (Wildman–Crippen MR) is 71.2 cm³/mol. The first-order valence-electron chi connectivity index (χ1n) is 5.01. The van der Waals surface area contributed by atoms with Crippen LogP contribution in [0.1, 0.15) is 0 Å². The molecule has 0 aromatic carbocycles. The molecule has 0 aliphatic carbocycles. The van der Waals surface area contributed by atoms with Crippen LogP contribution in [0.5, 0.6) is 0 Å². The van der Waals surface area contributed by atoms with Crippen molar-refractivity contribution in [2.24, 2.45) is 0 Å². The minimum Gasteiger partial charge on any atom is -0.388 e. The van der Waals surface area contributed by atoms with Crippen LogP contribution in [0.15, 0.2) is 0 Å². The first-order chi connectivity index (χ1) is 8.86. The van der Waals surface area contributed by atoms with Crippen molar-refractivity contribution in [3.05, 3.63) is 0 Å². The van der Waals surface area contributed by atoms with E-state index in [1.54, 1.807) is 0 Å². The topological polar surface area (TPSA) is 169 Å². The van der Waals surface area contributed by atoms with E-state index in [-0.39, 0.29) is 0 Å². The minimum absolute atomic E-state index is 0.509. The van der Waals surface area contributed by atoms with Gasteiger partial charge in [0, 0.05) is 0 Å². The Morgan fingerprint density at radius 1 is 1.20 bits per heavy atom. The molecule has 1 unspecified atom stereocenters. The molecule has 1 fully saturated rings. The molecule has 0 saturated carbocycles. The van der Waals surface area contributed by atoms with Crippen LogP contribution in [-0.4, -0.2) is 72.4 Å². The standard InChI is InChI=1S/C6H14O10P2S2/c7-3-1-14-6(10,5(9)4(3)8)2-15-18(13,20)16-17(11,12)19/h3-5,7-10H,1-2H2,(H,13,20)(H2,11,12,19)/t3-,4-,5+,6-,18?/m1/s1. The van der Waals surface area contributed by atoms with Gasteiger partial charge in [-0.15, -0.1) is 0 Å². The van der Waals surface area contributed by atoms with Gasteiger partial charge in [-0.25, -0.2) is 4.31 Å². The minimum atomic E-state index is -4.29. The Kier molecular flexibility index (Phi) is 6.22. The molecule has 7 N–H and O–H groups in total. The highest BCUT2D eigenvalue weighted by Gasteiger charge is 2.49. The quantitative estimate of drug-likeness (QED) is 0.249. The van der Waals surface area contributed by atoms with Crippen LogP contribution in [0.4, 0.5) is 0 Å². The van der Waals surface area contributed by atoms with Crippen LogP contribution < -0.4 is 0 Å². The van der Waals surface area contributed by atoms with Crippen molar-refractivity contribution in [1.82, 2.24) is 0 Å². The zero-order valence-corrected chi connectivity index (χ0v) is 13.1. The third-order valence-corrected chi connectivity index (χ3v) is 5.98. The second-order valence-electron chi connectivity index (χ2n) is 3.97. The molecule has 14 heteroatoms. The number of hydrogen-bond acceptors (Lipinski definition) is 9. The lowest BCUT2D eigenvalue weighted by Gasteiger charge is -2.41. The maximum atomic E-state index is 9.88. The Labute approximate surface area is 123 Å². The number of ether oxygens (including phenoxy) is 1. The molecule has 1 heterocycles. The first-order valence-corrected chi connectivity index (χ1v) is 10.2. The molecule has 1 rings (SSSR count). The van der Waals surface area contributed by atoms with E-state index in [1.165, 1.54) is 0 Å². The van der Waals surface area contributed by atoms with E-state index in [2.05, 4.69) is 32.4 Å². The largest absolute Gasteiger partial charge is 0.388 e. The van der Waals surface area contributed by atoms with Gasteiger partial charge >= 0.3 is 13.4 Å². The van der Waals surface area contributed by atoms with E-state index in [1.807, 2.05) is 0 Å². The fraction of sp³-hybridized carbons (Fsp3) is 1.00. The van der Waals surface area contributed by atoms with Gasteiger partial charge in [-0.2, -0.15) is 0 Å². The highest BCUT2D eigenvalue weighted by Crippen LogP contribution is 2.58. The van der Waals surface area contributed by atoms with Crippen LogP contribution >= 0.6 is 13.4 Å². The van der Waals surface area contributed by atoms with E-state index in [0.29, 0.717) is 0 Å². The van der Waals surface area contributed by atoms with Crippen molar-refractivity contribution in [2.75, 3.05) is 13.2 Å². The Hall–Kier alpha value is 0.900. The molecular weight excluding hydrogens is 358 g/mol. The van der Waals surface area contributed by atoms with Gasteiger partial charge in [0.25, 0.3) is 0 Å². The molecule has 10 nitrogen and oxygen atoms in total. The van der Waals surface area contributed by atoms with E-state index < -0.39 is 50.7 Å². The Bertz CT molecular complexity index is 441. The van der Waals surface area contributed by atoms with Gasteiger partial charge in [-0.3, -0.25) is 0 Å². The fourth-order valence-electron chi connectivity index (χ4n) is 1.35. The Morgan fingerprint density at radius 2 is 1.75 bits per heavy atom. The molecule has 0 radical (unpaired) electrons. The van der Waals surface area contributed by atoms with E-state index in [0.717, 1.165) is 0 Å². The summed E-state index contributed by atoms with van der Waals surface area (Å²) >= 11 is 8.50. The summed E-state index contributed by atoms with van der Waals surface area (Å²) in [6, 6.07) is 0. The monoisotopic (exact) mass is 372 g/mol. The summed E-state index contributed by atoms with van der Waals surface area (Å²) in [5.74, 6) is -2.47. The molecule has 1 saturated heterocycles. The van der Waals surface area contributed by atoms with Gasteiger partial charge in [-0.1, -0.05) is 0 Å². The van der Waals surface area contributed by atoms with Crippen molar-refractivity contribution >= 4 is 37.1 Å². The van der Waals surface area contributed by atoms with Gasteiger partial charge in [0.2, 0.25) is 5.79 Å². The zero-order valence-electron chi connectivity index (χ0n) is 9.71. The van der Waals surface area contributed by atoms with E-state index in [9.17, 15) is 25.3 Å². The molecule has 0 aromatic heterocycles. The number of aliphatic hydroxyl groups excluding tert-OH is 3. The summed E-state index contributed by atoms with van der Waals surface area (Å²) in [6.45, 7) is -9.95. The average Bonchev–Trinajstić information content (AvgIpc) is 2.27. The maximum Gasteiger partial charge on any atom is 0.332 e. The molecule has 1 aliphatic heterocycles. The van der Waals surface area contributed by atoms with Gasteiger partial charge in [0.05, 0.1) is 6.61 Å². The van der Waals surface area contributed by atoms with Crippen molar-refractivity contribution in [2.45, 2.75) is 24.1 Å². The van der Waals surface area contributed by atoms with Crippen molar-refractivity contribution in [3.63, 3.8) is 0 Å². The molecule has 20 heavy (non-hydrogen) atoms. The van der Waals surface area contributed by atoms with Crippen LogP contribution in [0.25, 0.3) is 0 Å². The third kappa shape index (κ3) is 5.27. The smallest absolute Gasteiger partial charge is 0.332 e. The fourth-order valence-corrected chi connectivity index (χ4v) is 5.15. The first kappa shape index (κ1) is 18.9.